The van der Waals surface area contributed by atoms with Crippen molar-refractivity contribution in [2.45, 2.75) is 32.4 Å². The number of nitrogens with zero attached hydrogens (tertiary/aromatic N) is 2. The van der Waals surface area contributed by atoms with Gasteiger partial charge in [-0.2, -0.15) is 0 Å². The first kappa shape index (κ1) is 12.3. The summed E-state index contributed by atoms with van der Waals surface area (Å²) in [5.74, 6) is 0.311. The summed E-state index contributed by atoms with van der Waals surface area (Å²) in [6.07, 6.45) is 2.34. The standard InChI is InChI=1S/C13H21N3O/c1-10-3-4-13(17)12(15-10)9-16-7-5-11(14-2)6-8-16/h3-4,11,14,17H,5-9H2,1-2H3. The van der Waals surface area contributed by atoms with Gasteiger partial charge in [-0.3, -0.25) is 9.88 Å². The smallest absolute Gasteiger partial charge is 0.138 e. The lowest BCUT2D eigenvalue weighted by atomic mass is 10.1. The van der Waals surface area contributed by atoms with Crippen LogP contribution in [0.25, 0.3) is 0 Å². The van der Waals surface area contributed by atoms with Gasteiger partial charge < -0.3 is 10.4 Å². The molecule has 0 aliphatic carbocycles. The number of pyridine rings is 1. The van der Waals surface area contributed by atoms with Crippen LogP contribution in [0, 0.1) is 6.92 Å². The molecule has 2 rings (SSSR count). The lowest BCUT2D eigenvalue weighted by molar-refractivity contribution is 0.190. The summed E-state index contributed by atoms with van der Waals surface area (Å²) in [6, 6.07) is 4.22. The van der Waals surface area contributed by atoms with E-state index in [0.717, 1.165) is 31.0 Å². The van der Waals surface area contributed by atoms with E-state index in [1.54, 1.807) is 6.07 Å². The molecule has 1 aromatic heterocycles. The molecule has 0 unspecified atom stereocenters. The van der Waals surface area contributed by atoms with E-state index in [1.807, 2.05) is 20.0 Å². The highest BCUT2D eigenvalue weighted by atomic mass is 16.3. The van der Waals surface area contributed by atoms with E-state index in [2.05, 4.69) is 15.2 Å². The number of hydrogen-bond acceptors (Lipinski definition) is 4. The summed E-state index contributed by atoms with van der Waals surface area (Å²) < 4.78 is 0. The second-order valence-electron chi connectivity index (χ2n) is 4.76. The zero-order valence-electron chi connectivity index (χ0n) is 10.6. The molecule has 94 valence electrons. The maximum atomic E-state index is 9.76. The van der Waals surface area contributed by atoms with Gasteiger partial charge in [0.1, 0.15) is 5.75 Å². The maximum absolute atomic E-state index is 9.76. The van der Waals surface area contributed by atoms with Crippen LogP contribution >= 0.6 is 0 Å². The van der Waals surface area contributed by atoms with Gasteiger partial charge in [0.2, 0.25) is 0 Å². The average Bonchev–Trinajstić information content (AvgIpc) is 2.35. The van der Waals surface area contributed by atoms with E-state index in [9.17, 15) is 5.11 Å². The SMILES string of the molecule is CNC1CCN(Cc2nc(C)ccc2O)CC1. The van der Waals surface area contributed by atoms with Crippen LogP contribution < -0.4 is 5.32 Å². The van der Waals surface area contributed by atoms with E-state index >= 15 is 0 Å². The summed E-state index contributed by atoms with van der Waals surface area (Å²) in [7, 11) is 2.02. The van der Waals surface area contributed by atoms with Crippen molar-refractivity contribution in [1.29, 1.82) is 0 Å². The van der Waals surface area contributed by atoms with Gasteiger partial charge in [0.25, 0.3) is 0 Å². The molecule has 1 aliphatic rings. The molecular formula is C13H21N3O. The number of hydrogen-bond donors (Lipinski definition) is 2. The molecule has 0 atom stereocenters. The van der Waals surface area contributed by atoms with Gasteiger partial charge >= 0.3 is 0 Å². The predicted molar refractivity (Wildman–Crippen MR) is 68.0 cm³/mol. The lowest BCUT2D eigenvalue weighted by Gasteiger charge is -2.31. The van der Waals surface area contributed by atoms with Crippen molar-refractivity contribution in [3.63, 3.8) is 0 Å². The number of aromatic nitrogens is 1. The van der Waals surface area contributed by atoms with Crippen molar-refractivity contribution >= 4 is 0 Å². The monoisotopic (exact) mass is 235 g/mol. The predicted octanol–water partition coefficient (Wildman–Crippen LogP) is 1.28. The Kier molecular flexibility index (Phi) is 3.97. The van der Waals surface area contributed by atoms with Crippen LogP contribution in [0.15, 0.2) is 12.1 Å². The topological polar surface area (TPSA) is 48.4 Å². The first-order valence-electron chi connectivity index (χ1n) is 6.24. The number of rotatable bonds is 3. The van der Waals surface area contributed by atoms with Crippen molar-refractivity contribution in [3.05, 3.63) is 23.5 Å². The third-order valence-electron chi connectivity index (χ3n) is 3.46. The molecule has 0 saturated carbocycles. The van der Waals surface area contributed by atoms with Crippen LogP contribution in [-0.4, -0.2) is 41.2 Å². The third kappa shape index (κ3) is 3.17. The van der Waals surface area contributed by atoms with Gasteiger partial charge in [-0.15, -0.1) is 0 Å². The highest BCUT2D eigenvalue weighted by molar-refractivity contribution is 5.27. The fraction of sp³-hybridized carbons (Fsp3) is 0.615. The Hall–Kier alpha value is -1.13. The average molecular weight is 235 g/mol. The number of likely N-dealkylation sites (tertiary alicyclic amines) is 1. The van der Waals surface area contributed by atoms with Gasteiger partial charge in [-0.05, 0) is 38.9 Å². The molecule has 4 heteroatoms. The Morgan fingerprint density at radius 2 is 2.12 bits per heavy atom. The van der Waals surface area contributed by atoms with Gasteiger partial charge in [0, 0.05) is 31.4 Å². The van der Waals surface area contributed by atoms with E-state index < -0.39 is 0 Å². The molecule has 1 saturated heterocycles. The molecule has 1 aliphatic heterocycles. The second-order valence-corrected chi connectivity index (χ2v) is 4.76. The number of aromatic hydroxyl groups is 1. The van der Waals surface area contributed by atoms with Gasteiger partial charge in [0.05, 0.1) is 5.69 Å². The maximum Gasteiger partial charge on any atom is 0.138 e. The van der Waals surface area contributed by atoms with E-state index in [4.69, 9.17) is 0 Å². The minimum Gasteiger partial charge on any atom is -0.506 e. The molecule has 4 nitrogen and oxygen atoms in total. The Labute approximate surface area is 103 Å². The summed E-state index contributed by atoms with van der Waals surface area (Å²) in [6.45, 7) is 4.85. The molecule has 17 heavy (non-hydrogen) atoms. The van der Waals surface area contributed by atoms with Crippen molar-refractivity contribution in [2.75, 3.05) is 20.1 Å². The molecule has 1 fully saturated rings. The van der Waals surface area contributed by atoms with E-state index in [1.165, 1.54) is 12.8 Å². The Bertz CT molecular complexity index is 373. The van der Waals surface area contributed by atoms with Gasteiger partial charge in [0.15, 0.2) is 0 Å². The number of piperidine rings is 1. The fourth-order valence-corrected chi connectivity index (χ4v) is 2.31. The van der Waals surface area contributed by atoms with Crippen LogP contribution in [0.4, 0.5) is 0 Å². The highest BCUT2D eigenvalue weighted by Gasteiger charge is 2.18. The van der Waals surface area contributed by atoms with Crippen molar-refractivity contribution in [2.24, 2.45) is 0 Å². The summed E-state index contributed by atoms with van der Waals surface area (Å²) in [5.41, 5.74) is 1.76. The lowest BCUT2D eigenvalue weighted by Crippen LogP contribution is -2.40. The Morgan fingerprint density at radius 3 is 2.76 bits per heavy atom. The summed E-state index contributed by atoms with van der Waals surface area (Å²) in [5, 5.41) is 13.1. The van der Waals surface area contributed by atoms with Crippen molar-refractivity contribution in [3.8, 4) is 5.75 Å². The molecule has 2 N–H and O–H groups in total. The van der Waals surface area contributed by atoms with Crippen molar-refractivity contribution < 1.29 is 5.11 Å². The zero-order valence-corrected chi connectivity index (χ0v) is 10.6. The number of nitrogens with one attached hydrogen (secondary N) is 1. The molecule has 0 bridgehead atoms. The van der Waals surface area contributed by atoms with Crippen LogP contribution in [0.2, 0.25) is 0 Å². The van der Waals surface area contributed by atoms with Crippen LogP contribution in [0.3, 0.4) is 0 Å². The van der Waals surface area contributed by atoms with Gasteiger partial charge in [-0.25, -0.2) is 0 Å². The fourth-order valence-electron chi connectivity index (χ4n) is 2.31. The molecule has 0 radical (unpaired) electrons. The van der Waals surface area contributed by atoms with E-state index in [0.29, 0.717) is 11.8 Å². The molecular weight excluding hydrogens is 214 g/mol. The van der Waals surface area contributed by atoms with Gasteiger partial charge in [-0.1, -0.05) is 0 Å². The second kappa shape index (κ2) is 5.47. The molecule has 0 spiro atoms. The first-order valence-corrected chi connectivity index (χ1v) is 6.24. The number of aryl methyl sites for hydroxylation is 1. The molecule has 0 aromatic carbocycles. The Morgan fingerprint density at radius 1 is 1.41 bits per heavy atom. The normalized spacial score (nSPS) is 18.5. The van der Waals surface area contributed by atoms with Crippen LogP contribution in [-0.2, 0) is 6.54 Å². The minimum atomic E-state index is 0.311. The van der Waals surface area contributed by atoms with E-state index in [-0.39, 0.29) is 0 Å². The molecule has 2 heterocycles. The van der Waals surface area contributed by atoms with Crippen LogP contribution in [0.5, 0.6) is 5.75 Å². The zero-order chi connectivity index (χ0) is 12.3. The quantitative estimate of drug-likeness (QED) is 0.828. The van der Waals surface area contributed by atoms with Crippen LogP contribution in [0.1, 0.15) is 24.2 Å². The first-order chi connectivity index (χ1) is 8.19. The molecule has 0 amide bonds. The molecule has 1 aromatic rings. The minimum absolute atomic E-state index is 0.311. The third-order valence-corrected chi connectivity index (χ3v) is 3.46. The summed E-state index contributed by atoms with van der Waals surface area (Å²) >= 11 is 0. The highest BCUT2D eigenvalue weighted by Crippen LogP contribution is 2.19. The van der Waals surface area contributed by atoms with Crippen molar-refractivity contribution in [1.82, 2.24) is 15.2 Å². The summed E-state index contributed by atoms with van der Waals surface area (Å²) in [4.78, 5) is 6.76. The largest absolute Gasteiger partial charge is 0.506 e. The Balaban J connectivity index is 1.95.